The number of nitriles is 1. The number of ether oxygens (including phenoxy) is 2. The molecule has 2 rings (SSSR count). The summed E-state index contributed by atoms with van der Waals surface area (Å²) in [6.07, 6.45) is 5.40. The Kier molecular flexibility index (Phi) is 3.60. The Hall–Kier alpha value is -1.60. The van der Waals surface area contributed by atoms with E-state index in [2.05, 4.69) is 11.1 Å². The van der Waals surface area contributed by atoms with Gasteiger partial charge in [-0.2, -0.15) is 5.26 Å². The van der Waals surface area contributed by atoms with Crippen molar-refractivity contribution in [3.63, 3.8) is 0 Å². The highest BCUT2D eigenvalue weighted by Crippen LogP contribution is 2.25. The smallest absolute Gasteiger partial charge is 0.155 e. The Balaban J connectivity index is 2.08. The van der Waals surface area contributed by atoms with Crippen molar-refractivity contribution in [3.05, 3.63) is 24.0 Å². The van der Waals surface area contributed by atoms with Gasteiger partial charge in [0.15, 0.2) is 5.75 Å². The van der Waals surface area contributed by atoms with Crippen molar-refractivity contribution in [1.82, 2.24) is 4.98 Å². The number of nitrogens with zero attached hydrogens (tertiary/aromatic N) is 2. The molecule has 1 aromatic rings. The molecule has 0 N–H and O–H groups in total. The Morgan fingerprint density at radius 2 is 2.12 bits per heavy atom. The van der Waals surface area contributed by atoms with Crippen LogP contribution in [0.3, 0.4) is 0 Å². The van der Waals surface area contributed by atoms with Crippen LogP contribution < -0.4 is 4.74 Å². The van der Waals surface area contributed by atoms with Crippen molar-refractivity contribution in [1.29, 1.82) is 5.26 Å². The zero-order chi connectivity index (χ0) is 12.3. The van der Waals surface area contributed by atoms with Gasteiger partial charge in [0.1, 0.15) is 12.2 Å². The first-order chi connectivity index (χ1) is 8.19. The zero-order valence-corrected chi connectivity index (χ0v) is 10.1. The molecule has 0 spiro atoms. The lowest BCUT2D eigenvalue weighted by atomic mass is 10.0. The highest BCUT2D eigenvalue weighted by atomic mass is 16.5. The molecule has 2 atom stereocenters. The van der Waals surface area contributed by atoms with Crippen LogP contribution in [0.15, 0.2) is 18.5 Å². The molecule has 1 saturated heterocycles. The van der Waals surface area contributed by atoms with Gasteiger partial charge in [0.2, 0.25) is 0 Å². The van der Waals surface area contributed by atoms with Gasteiger partial charge in [-0.3, -0.25) is 4.98 Å². The second-order valence-corrected chi connectivity index (χ2v) is 4.45. The Bertz CT molecular complexity index is 418. The number of pyridine rings is 1. The van der Waals surface area contributed by atoms with E-state index >= 15 is 0 Å². The molecule has 0 bridgehead atoms. The van der Waals surface area contributed by atoms with Gasteiger partial charge in [0, 0.05) is 19.0 Å². The summed E-state index contributed by atoms with van der Waals surface area (Å²) in [6, 6.07) is 3.78. The first-order valence-electron chi connectivity index (χ1n) is 5.85. The summed E-state index contributed by atoms with van der Waals surface area (Å²) in [5.41, 5.74) is 0.534. The maximum Gasteiger partial charge on any atom is 0.155 e. The summed E-state index contributed by atoms with van der Waals surface area (Å²) in [4.78, 5) is 3.99. The maximum atomic E-state index is 8.97. The Morgan fingerprint density at radius 3 is 2.76 bits per heavy atom. The van der Waals surface area contributed by atoms with E-state index in [1.807, 2.05) is 13.8 Å². The van der Waals surface area contributed by atoms with Crippen molar-refractivity contribution in [2.75, 3.05) is 0 Å². The van der Waals surface area contributed by atoms with Gasteiger partial charge in [-0.25, -0.2) is 0 Å². The van der Waals surface area contributed by atoms with Gasteiger partial charge in [-0.15, -0.1) is 0 Å². The normalized spacial score (nSPS) is 28.4. The molecule has 0 saturated carbocycles. The lowest BCUT2D eigenvalue weighted by molar-refractivity contribution is -0.0722. The minimum Gasteiger partial charge on any atom is -0.487 e. The van der Waals surface area contributed by atoms with Crippen LogP contribution in [0.4, 0.5) is 0 Å². The third-order valence-corrected chi connectivity index (χ3v) is 2.85. The molecule has 2 heterocycles. The van der Waals surface area contributed by atoms with Crippen molar-refractivity contribution in [2.45, 2.75) is 45.0 Å². The second kappa shape index (κ2) is 5.15. The fourth-order valence-electron chi connectivity index (χ4n) is 2.19. The molecule has 4 heteroatoms. The summed E-state index contributed by atoms with van der Waals surface area (Å²) in [6.45, 7) is 4.08. The summed E-state index contributed by atoms with van der Waals surface area (Å²) < 4.78 is 11.5. The van der Waals surface area contributed by atoms with Gasteiger partial charge in [0.05, 0.1) is 24.0 Å². The first-order valence-corrected chi connectivity index (χ1v) is 5.85. The van der Waals surface area contributed by atoms with E-state index < -0.39 is 0 Å². The Labute approximate surface area is 101 Å². The van der Waals surface area contributed by atoms with Gasteiger partial charge >= 0.3 is 0 Å². The largest absolute Gasteiger partial charge is 0.487 e. The SMILES string of the molecule is CC1CC(Oc2cnccc2C#N)CC(C)O1. The van der Waals surface area contributed by atoms with Gasteiger partial charge in [-0.05, 0) is 19.9 Å². The average Bonchev–Trinajstić information content (AvgIpc) is 2.28. The fraction of sp³-hybridized carbons (Fsp3) is 0.538. The van der Waals surface area contributed by atoms with Gasteiger partial charge in [-0.1, -0.05) is 0 Å². The minimum absolute atomic E-state index is 0.102. The second-order valence-electron chi connectivity index (χ2n) is 4.45. The molecule has 1 aromatic heterocycles. The number of rotatable bonds is 2. The molecule has 0 amide bonds. The summed E-state index contributed by atoms with van der Waals surface area (Å²) in [5, 5.41) is 8.97. The predicted molar refractivity (Wildman–Crippen MR) is 62.6 cm³/mol. The molecule has 1 aliphatic heterocycles. The molecule has 0 radical (unpaired) electrons. The third-order valence-electron chi connectivity index (χ3n) is 2.85. The fourth-order valence-corrected chi connectivity index (χ4v) is 2.19. The van der Waals surface area contributed by atoms with Crippen LogP contribution in [0, 0.1) is 11.3 Å². The molecule has 90 valence electrons. The molecule has 2 unspecified atom stereocenters. The minimum atomic E-state index is 0.102. The summed E-state index contributed by atoms with van der Waals surface area (Å²) >= 11 is 0. The molecular formula is C13H16N2O2. The molecule has 0 aromatic carbocycles. The lowest BCUT2D eigenvalue weighted by Gasteiger charge is -2.32. The van der Waals surface area contributed by atoms with Crippen LogP contribution in [0.2, 0.25) is 0 Å². The molecule has 4 nitrogen and oxygen atoms in total. The predicted octanol–water partition coefficient (Wildman–Crippen LogP) is 2.29. The highest BCUT2D eigenvalue weighted by molar-refractivity contribution is 5.40. The monoisotopic (exact) mass is 232 g/mol. The zero-order valence-electron chi connectivity index (χ0n) is 10.1. The average molecular weight is 232 g/mol. The van der Waals surface area contributed by atoms with Crippen LogP contribution in [-0.4, -0.2) is 23.3 Å². The topological polar surface area (TPSA) is 55.1 Å². The van der Waals surface area contributed by atoms with Crippen LogP contribution in [0.25, 0.3) is 0 Å². The van der Waals surface area contributed by atoms with E-state index in [1.54, 1.807) is 18.5 Å². The van der Waals surface area contributed by atoms with Crippen molar-refractivity contribution >= 4 is 0 Å². The molecule has 1 aliphatic rings. The number of hydrogen-bond donors (Lipinski definition) is 0. The van der Waals surface area contributed by atoms with Crippen molar-refractivity contribution in [3.8, 4) is 11.8 Å². The van der Waals surface area contributed by atoms with Crippen LogP contribution >= 0.6 is 0 Å². The van der Waals surface area contributed by atoms with Crippen LogP contribution in [0.5, 0.6) is 5.75 Å². The quantitative estimate of drug-likeness (QED) is 0.785. The number of hydrogen-bond acceptors (Lipinski definition) is 4. The van der Waals surface area contributed by atoms with E-state index in [9.17, 15) is 0 Å². The molecule has 1 fully saturated rings. The number of aromatic nitrogens is 1. The van der Waals surface area contributed by atoms with Crippen molar-refractivity contribution < 1.29 is 9.47 Å². The van der Waals surface area contributed by atoms with E-state index in [4.69, 9.17) is 14.7 Å². The summed E-state index contributed by atoms with van der Waals surface area (Å²) in [7, 11) is 0. The first kappa shape index (κ1) is 11.9. The third kappa shape index (κ3) is 2.95. The van der Waals surface area contributed by atoms with Crippen LogP contribution in [0.1, 0.15) is 32.3 Å². The van der Waals surface area contributed by atoms with Crippen molar-refractivity contribution in [2.24, 2.45) is 0 Å². The summed E-state index contributed by atoms with van der Waals surface area (Å²) in [5.74, 6) is 0.571. The van der Waals surface area contributed by atoms with E-state index in [0.29, 0.717) is 11.3 Å². The lowest BCUT2D eigenvalue weighted by Crippen LogP contribution is -2.35. The van der Waals surface area contributed by atoms with E-state index in [-0.39, 0.29) is 18.3 Å². The maximum absolute atomic E-state index is 8.97. The molecule has 17 heavy (non-hydrogen) atoms. The molecular weight excluding hydrogens is 216 g/mol. The Morgan fingerprint density at radius 1 is 1.41 bits per heavy atom. The molecule has 0 aliphatic carbocycles. The standard InChI is InChI=1S/C13H16N2O2/c1-9-5-12(6-10(2)16-9)17-13-8-15-4-3-11(13)7-14/h3-4,8-10,12H,5-6H2,1-2H3. The van der Waals surface area contributed by atoms with Crippen LogP contribution in [-0.2, 0) is 4.74 Å². The van der Waals surface area contributed by atoms with Gasteiger partial charge < -0.3 is 9.47 Å². The van der Waals surface area contributed by atoms with Gasteiger partial charge in [0.25, 0.3) is 0 Å². The van der Waals surface area contributed by atoms with E-state index in [1.165, 1.54) is 0 Å². The highest BCUT2D eigenvalue weighted by Gasteiger charge is 2.26. The van der Waals surface area contributed by atoms with E-state index in [0.717, 1.165) is 12.8 Å².